The molecule has 2 aromatic rings. The van der Waals surface area contributed by atoms with Gasteiger partial charge in [0.05, 0.1) is 36.4 Å². The van der Waals surface area contributed by atoms with Gasteiger partial charge in [0.15, 0.2) is 15.7 Å². The predicted molar refractivity (Wildman–Crippen MR) is 92.6 cm³/mol. The van der Waals surface area contributed by atoms with Crippen LogP contribution in [0.5, 0.6) is 0 Å². The van der Waals surface area contributed by atoms with Gasteiger partial charge < -0.3 is 14.6 Å². The molecule has 7 nitrogen and oxygen atoms in total. The third kappa shape index (κ3) is 3.93. The average molecular weight is 350 g/mol. The van der Waals surface area contributed by atoms with E-state index in [1.54, 1.807) is 12.3 Å². The fraction of sp³-hybridized carbons (Fsp3) is 0.500. The molecule has 0 spiro atoms. The number of rotatable bonds is 5. The van der Waals surface area contributed by atoms with E-state index in [1.807, 2.05) is 12.1 Å². The Balaban J connectivity index is 2.04. The number of aromatic amines is 1. The van der Waals surface area contributed by atoms with Crippen molar-refractivity contribution in [1.82, 2.24) is 15.0 Å². The number of hydrogen-bond donors (Lipinski definition) is 1. The minimum absolute atomic E-state index is 0.0998. The molecule has 130 valence electrons. The molecule has 24 heavy (non-hydrogen) atoms. The van der Waals surface area contributed by atoms with Crippen LogP contribution in [0, 0.1) is 0 Å². The monoisotopic (exact) mass is 350 g/mol. The summed E-state index contributed by atoms with van der Waals surface area (Å²) >= 11 is 0. The molecule has 1 atom stereocenters. The number of morpholine rings is 1. The summed E-state index contributed by atoms with van der Waals surface area (Å²) < 4.78 is 29.0. The number of H-pyrrole nitrogens is 1. The third-order valence-corrected chi connectivity index (χ3v) is 4.83. The van der Waals surface area contributed by atoms with Crippen LogP contribution in [0.25, 0.3) is 11.5 Å². The van der Waals surface area contributed by atoms with Crippen LogP contribution in [0.2, 0.25) is 0 Å². The standard InChI is InChI=1S/C16H22N4O3S/c1-3-13-10-23-8-7-20(13)15-9-12(11-24(2,21)22)18-16(19-15)14-5-4-6-17-14/h4-6,9,13,17H,3,7-8,10-11H2,1-2H3/t13-/m0/s1. The van der Waals surface area contributed by atoms with Crippen molar-refractivity contribution in [2.45, 2.75) is 25.1 Å². The van der Waals surface area contributed by atoms with E-state index in [1.165, 1.54) is 6.26 Å². The van der Waals surface area contributed by atoms with Crippen LogP contribution in [0.1, 0.15) is 19.0 Å². The van der Waals surface area contributed by atoms with Crippen molar-refractivity contribution < 1.29 is 13.2 Å². The van der Waals surface area contributed by atoms with Gasteiger partial charge in [0.1, 0.15) is 5.82 Å². The molecular weight excluding hydrogens is 328 g/mol. The van der Waals surface area contributed by atoms with E-state index < -0.39 is 9.84 Å². The Morgan fingerprint density at radius 1 is 1.42 bits per heavy atom. The van der Waals surface area contributed by atoms with Crippen LogP contribution >= 0.6 is 0 Å². The topological polar surface area (TPSA) is 88.2 Å². The first kappa shape index (κ1) is 16.9. The number of nitrogens with zero attached hydrogens (tertiary/aromatic N) is 3. The fourth-order valence-electron chi connectivity index (χ4n) is 2.86. The largest absolute Gasteiger partial charge is 0.377 e. The molecule has 3 rings (SSSR count). The summed E-state index contributed by atoms with van der Waals surface area (Å²) in [5, 5.41) is 0. The van der Waals surface area contributed by atoms with Crippen molar-refractivity contribution in [2.75, 3.05) is 30.9 Å². The van der Waals surface area contributed by atoms with Gasteiger partial charge >= 0.3 is 0 Å². The van der Waals surface area contributed by atoms with E-state index in [2.05, 4.69) is 26.8 Å². The fourth-order valence-corrected chi connectivity index (χ4v) is 3.54. The Morgan fingerprint density at radius 2 is 2.25 bits per heavy atom. The molecule has 0 unspecified atom stereocenters. The number of sulfone groups is 1. The van der Waals surface area contributed by atoms with Crippen molar-refractivity contribution >= 4 is 15.7 Å². The van der Waals surface area contributed by atoms with Crippen LogP contribution in [-0.2, 0) is 20.3 Å². The van der Waals surface area contributed by atoms with E-state index in [4.69, 9.17) is 4.74 Å². The van der Waals surface area contributed by atoms with Gasteiger partial charge in [-0.3, -0.25) is 0 Å². The summed E-state index contributed by atoms with van der Waals surface area (Å²) in [7, 11) is -3.17. The molecule has 0 aromatic carbocycles. The number of anilines is 1. The van der Waals surface area contributed by atoms with E-state index in [0.717, 1.165) is 24.5 Å². The third-order valence-electron chi connectivity index (χ3n) is 4.01. The maximum Gasteiger partial charge on any atom is 0.178 e. The van der Waals surface area contributed by atoms with Crippen molar-refractivity contribution in [2.24, 2.45) is 0 Å². The second-order valence-corrected chi connectivity index (χ2v) is 8.17. The molecule has 0 aliphatic carbocycles. The molecule has 0 saturated carbocycles. The summed E-state index contributed by atoms with van der Waals surface area (Å²) in [4.78, 5) is 14.4. The number of hydrogen-bond acceptors (Lipinski definition) is 6. The van der Waals surface area contributed by atoms with Gasteiger partial charge in [0, 0.05) is 25.1 Å². The second kappa shape index (κ2) is 6.90. The smallest absolute Gasteiger partial charge is 0.178 e. The Labute approximate surface area is 142 Å². The van der Waals surface area contributed by atoms with Gasteiger partial charge in [-0.25, -0.2) is 18.4 Å². The Hall–Kier alpha value is -1.93. The maximum absolute atomic E-state index is 11.7. The number of aromatic nitrogens is 3. The molecule has 1 fully saturated rings. The molecule has 0 radical (unpaired) electrons. The van der Waals surface area contributed by atoms with E-state index in [-0.39, 0.29) is 11.8 Å². The van der Waals surface area contributed by atoms with Crippen LogP contribution in [0.3, 0.4) is 0 Å². The normalized spacial score (nSPS) is 18.8. The zero-order valence-corrected chi connectivity index (χ0v) is 14.7. The minimum Gasteiger partial charge on any atom is -0.377 e. The zero-order chi connectivity index (χ0) is 17.2. The molecule has 1 aliphatic heterocycles. The number of nitrogens with one attached hydrogen (secondary N) is 1. The highest BCUT2D eigenvalue weighted by Crippen LogP contribution is 2.24. The lowest BCUT2D eigenvalue weighted by molar-refractivity contribution is 0.0925. The summed E-state index contributed by atoms with van der Waals surface area (Å²) in [5.41, 5.74) is 1.28. The lowest BCUT2D eigenvalue weighted by atomic mass is 10.1. The van der Waals surface area contributed by atoms with Crippen molar-refractivity contribution in [3.05, 3.63) is 30.1 Å². The lowest BCUT2D eigenvalue weighted by Gasteiger charge is -2.36. The van der Waals surface area contributed by atoms with Gasteiger partial charge in [-0.15, -0.1) is 0 Å². The SMILES string of the molecule is CC[C@H]1COCCN1c1cc(CS(C)(=O)=O)nc(-c2ccc[nH]2)n1. The van der Waals surface area contributed by atoms with Gasteiger partial charge in [-0.05, 0) is 18.6 Å². The highest BCUT2D eigenvalue weighted by molar-refractivity contribution is 7.89. The Morgan fingerprint density at radius 3 is 2.92 bits per heavy atom. The quantitative estimate of drug-likeness (QED) is 0.882. The average Bonchev–Trinajstić information content (AvgIpc) is 3.07. The van der Waals surface area contributed by atoms with Gasteiger partial charge in [0.25, 0.3) is 0 Å². The first-order valence-electron chi connectivity index (χ1n) is 8.00. The molecule has 0 bridgehead atoms. The first-order valence-corrected chi connectivity index (χ1v) is 10.1. The van der Waals surface area contributed by atoms with Crippen molar-refractivity contribution in [1.29, 1.82) is 0 Å². The first-order chi connectivity index (χ1) is 11.5. The van der Waals surface area contributed by atoms with Crippen LogP contribution < -0.4 is 4.90 Å². The van der Waals surface area contributed by atoms with Crippen LogP contribution in [0.4, 0.5) is 5.82 Å². The van der Waals surface area contributed by atoms with E-state index in [9.17, 15) is 8.42 Å². The highest BCUT2D eigenvalue weighted by Gasteiger charge is 2.24. The summed E-state index contributed by atoms with van der Waals surface area (Å²) in [6.45, 7) is 4.13. The highest BCUT2D eigenvalue weighted by atomic mass is 32.2. The molecule has 0 amide bonds. The lowest BCUT2D eigenvalue weighted by Crippen LogP contribution is -2.45. The van der Waals surface area contributed by atoms with E-state index in [0.29, 0.717) is 24.7 Å². The molecule has 1 saturated heterocycles. The van der Waals surface area contributed by atoms with Gasteiger partial charge in [-0.1, -0.05) is 6.92 Å². The Bertz CT molecular complexity index is 790. The van der Waals surface area contributed by atoms with Crippen molar-refractivity contribution in [3.8, 4) is 11.5 Å². The van der Waals surface area contributed by atoms with Crippen molar-refractivity contribution in [3.63, 3.8) is 0 Å². The second-order valence-electron chi connectivity index (χ2n) is 6.03. The molecule has 3 heterocycles. The van der Waals surface area contributed by atoms with Gasteiger partial charge in [-0.2, -0.15) is 0 Å². The van der Waals surface area contributed by atoms with Crippen LogP contribution in [0.15, 0.2) is 24.4 Å². The predicted octanol–water partition coefficient (Wildman–Crippen LogP) is 1.63. The molecular formula is C16H22N4O3S. The van der Waals surface area contributed by atoms with E-state index >= 15 is 0 Å². The Kier molecular flexibility index (Phi) is 4.86. The summed E-state index contributed by atoms with van der Waals surface area (Å²) in [6.07, 6.45) is 3.95. The zero-order valence-electron chi connectivity index (χ0n) is 13.9. The number of ether oxygens (including phenoxy) is 1. The summed E-state index contributed by atoms with van der Waals surface area (Å²) in [5.74, 6) is 1.16. The summed E-state index contributed by atoms with van der Waals surface area (Å²) in [6, 6.07) is 5.75. The van der Waals surface area contributed by atoms with Gasteiger partial charge in [0.2, 0.25) is 0 Å². The molecule has 2 aromatic heterocycles. The maximum atomic E-state index is 11.7. The molecule has 1 aliphatic rings. The minimum atomic E-state index is -3.17. The molecule has 1 N–H and O–H groups in total. The van der Waals surface area contributed by atoms with Crippen LogP contribution in [-0.4, -0.2) is 55.4 Å². The molecule has 8 heteroatoms.